The van der Waals surface area contributed by atoms with Crippen molar-refractivity contribution in [2.75, 3.05) is 44.6 Å². The van der Waals surface area contributed by atoms with E-state index in [2.05, 4.69) is 34.2 Å². The number of nitrogens with one attached hydrogen (secondary N) is 1. The molecule has 8 heteroatoms. The first kappa shape index (κ1) is 29.6. The molecule has 0 unspecified atom stereocenters. The molecule has 0 atom stereocenters. The highest BCUT2D eigenvalue weighted by molar-refractivity contribution is 5.95. The van der Waals surface area contributed by atoms with E-state index in [-0.39, 0.29) is 43.1 Å². The Morgan fingerprint density at radius 2 is 1.46 bits per heavy atom. The number of amides is 1. The molecule has 1 heterocycles. The fourth-order valence-corrected chi connectivity index (χ4v) is 3.43. The van der Waals surface area contributed by atoms with Gasteiger partial charge < -0.3 is 16.0 Å². The molecule has 3 N–H and O–H groups in total. The van der Waals surface area contributed by atoms with Crippen LogP contribution in [-0.2, 0) is 11.3 Å². The van der Waals surface area contributed by atoms with Crippen molar-refractivity contribution in [2.24, 2.45) is 11.1 Å². The highest BCUT2D eigenvalue weighted by Gasteiger charge is 2.33. The Morgan fingerprint density at radius 3 is 1.89 bits per heavy atom. The molecule has 1 aromatic rings. The van der Waals surface area contributed by atoms with Crippen molar-refractivity contribution in [3.05, 3.63) is 29.8 Å². The lowest BCUT2D eigenvalue weighted by molar-refractivity contribution is -0.125. The van der Waals surface area contributed by atoms with E-state index in [0.29, 0.717) is 6.54 Å². The minimum atomic E-state index is -0.461. The van der Waals surface area contributed by atoms with E-state index in [1.165, 1.54) is 5.56 Å². The minimum absolute atomic E-state index is 0. The molecule has 0 radical (unpaired) electrons. The fraction of sp³-hybridized carbons (Fsp3) is 0.650. The predicted molar refractivity (Wildman–Crippen MR) is 126 cm³/mol. The number of anilines is 1. The maximum Gasteiger partial charge on any atom is 0.231 e. The largest absolute Gasteiger partial charge is 0.329 e. The second-order valence-electron chi connectivity index (χ2n) is 7.05. The van der Waals surface area contributed by atoms with E-state index in [4.69, 9.17) is 5.73 Å². The summed E-state index contributed by atoms with van der Waals surface area (Å²) in [6.07, 6.45) is 1.52. The number of nitrogens with zero attached hydrogens (tertiary/aromatic N) is 2. The van der Waals surface area contributed by atoms with E-state index in [1.807, 2.05) is 26.0 Å². The van der Waals surface area contributed by atoms with Crippen LogP contribution in [0, 0.1) is 5.41 Å². The lowest BCUT2D eigenvalue weighted by Gasteiger charge is -2.34. The summed E-state index contributed by atoms with van der Waals surface area (Å²) >= 11 is 0. The molecule has 0 spiro atoms. The number of hydrogen-bond acceptors (Lipinski definition) is 4. The molecule has 0 saturated carbocycles. The van der Waals surface area contributed by atoms with Crippen LogP contribution >= 0.6 is 37.2 Å². The average Bonchev–Trinajstić information content (AvgIpc) is 2.66. The van der Waals surface area contributed by atoms with Gasteiger partial charge in [0.25, 0.3) is 0 Å². The Bertz CT molecular complexity index is 537. The van der Waals surface area contributed by atoms with Crippen LogP contribution in [0.25, 0.3) is 0 Å². The van der Waals surface area contributed by atoms with Crippen molar-refractivity contribution >= 4 is 48.8 Å². The number of halogens is 3. The van der Waals surface area contributed by atoms with Gasteiger partial charge in [-0.25, -0.2) is 0 Å². The summed E-state index contributed by atoms with van der Waals surface area (Å²) in [7, 11) is 0. The van der Waals surface area contributed by atoms with Crippen LogP contribution in [0.2, 0.25) is 0 Å². The van der Waals surface area contributed by atoms with E-state index in [0.717, 1.165) is 57.8 Å². The summed E-state index contributed by atoms with van der Waals surface area (Å²) < 4.78 is 0. The molecule has 1 saturated heterocycles. The van der Waals surface area contributed by atoms with Crippen LogP contribution in [0.15, 0.2) is 24.3 Å². The van der Waals surface area contributed by atoms with Gasteiger partial charge in [-0.2, -0.15) is 0 Å². The summed E-state index contributed by atoms with van der Waals surface area (Å²) in [5, 5.41) is 3.04. The van der Waals surface area contributed by atoms with Gasteiger partial charge >= 0.3 is 0 Å². The summed E-state index contributed by atoms with van der Waals surface area (Å²) in [6, 6.07) is 8.23. The van der Waals surface area contributed by atoms with Crippen molar-refractivity contribution in [1.29, 1.82) is 0 Å². The molecule has 2 rings (SSSR count). The first-order chi connectivity index (χ1) is 12.1. The van der Waals surface area contributed by atoms with E-state index in [1.54, 1.807) is 0 Å². The fourth-order valence-electron chi connectivity index (χ4n) is 3.43. The standard InChI is InChI=1S/C20H34N4O.3ClH/c1-4-20(5-2,16-21)19(25)22-18-9-7-17(8-10-18)15-24-13-11-23(6-3)12-14-24;;;/h7-10H,4-6,11-16,21H2,1-3H3,(H,22,25);3*1H. The lowest BCUT2D eigenvalue weighted by Crippen LogP contribution is -2.45. The van der Waals surface area contributed by atoms with Gasteiger partial charge in [0.2, 0.25) is 5.91 Å². The molecule has 1 amide bonds. The van der Waals surface area contributed by atoms with Gasteiger partial charge in [-0.3, -0.25) is 9.69 Å². The van der Waals surface area contributed by atoms with Crippen molar-refractivity contribution in [2.45, 2.75) is 40.2 Å². The number of hydrogen-bond donors (Lipinski definition) is 2. The molecule has 164 valence electrons. The zero-order chi connectivity index (χ0) is 18.3. The van der Waals surface area contributed by atoms with Crippen molar-refractivity contribution in [1.82, 2.24) is 9.80 Å². The maximum absolute atomic E-state index is 12.6. The zero-order valence-electron chi connectivity index (χ0n) is 17.3. The third kappa shape index (κ3) is 7.69. The number of nitrogens with two attached hydrogens (primary N) is 1. The van der Waals surface area contributed by atoms with E-state index < -0.39 is 5.41 Å². The molecular formula is C20H37Cl3N4O. The normalized spacial score (nSPS) is 15.0. The molecule has 0 aromatic heterocycles. The quantitative estimate of drug-likeness (QED) is 0.626. The zero-order valence-corrected chi connectivity index (χ0v) is 19.7. The van der Waals surface area contributed by atoms with Gasteiger partial charge in [-0.05, 0) is 37.1 Å². The Kier molecular flexibility index (Phi) is 15.3. The smallest absolute Gasteiger partial charge is 0.231 e. The molecule has 0 bridgehead atoms. The van der Waals surface area contributed by atoms with Crippen LogP contribution in [0.1, 0.15) is 39.2 Å². The summed E-state index contributed by atoms with van der Waals surface area (Å²) in [5.41, 5.74) is 7.54. The second-order valence-corrected chi connectivity index (χ2v) is 7.05. The Balaban J connectivity index is 0. The summed E-state index contributed by atoms with van der Waals surface area (Å²) in [4.78, 5) is 17.6. The SMILES string of the molecule is CCN1CCN(Cc2ccc(NC(=O)C(CC)(CC)CN)cc2)CC1.Cl.Cl.Cl. The first-order valence-electron chi connectivity index (χ1n) is 9.62. The summed E-state index contributed by atoms with van der Waals surface area (Å²) in [5.74, 6) is 0.0310. The molecular weight excluding hydrogens is 419 g/mol. The number of carbonyl (C=O) groups is 1. The van der Waals surface area contributed by atoms with Crippen molar-refractivity contribution < 1.29 is 4.79 Å². The molecule has 0 aliphatic carbocycles. The Morgan fingerprint density at radius 1 is 0.964 bits per heavy atom. The number of likely N-dealkylation sites (N-methyl/N-ethyl adjacent to an activating group) is 1. The van der Waals surface area contributed by atoms with Crippen LogP contribution in [-0.4, -0.2) is 55.0 Å². The predicted octanol–water partition coefficient (Wildman–Crippen LogP) is 3.79. The molecule has 1 aliphatic heterocycles. The second kappa shape index (κ2) is 14.4. The minimum Gasteiger partial charge on any atom is -0.329 e. The van der Waals surface area contributed by atoms with E-state index >= 15 is 0 Å². The monoisotopic (exact) mass is 454 g/mol. The highest BCUT2D eigenvalue weighted by atomic mass is 35.5. The van der Waals surface area contributed by atoms with Crippen molar-refractivity contribution in [3.8, 4) is 0 Å². The third-order valence-electron chi connectivity index (χ3n) is 5.76. The highest BCUT2D eigenvalue weighted by Crippen LogP contribution is 2.27. The van der Waals surface area contributed by atoms with Gasteiger partial charge in [0.15, 0.2) is 0 Å². The molecule has 5 nitrogen and oxygen atoms in total. The van der Waals surface area contributed by atoms with Gasteiger partial charge in [0.05, 0.1) is 5.41 Å². The third-order valence-corrected chi connectivity index (χ3v) is 5.76. The van der Waals surface area contributed by atoms with Gasteiger partial charge in [0.1, 0.15) is 0 Å². The molecule has 1 aliphatic rings. The maximum atomic E-state index is 12.6. The number of benzene rings is 1. The molecule has 1 fully saturated rings. The van der Waals surface area contributed by atoms with Crippen LogP contribution in [0.3, 0.4) is 0 Å². The average molecular weight is 456 g/mol. The van der Waals surface area contributed by atoms with Gasteiger partial charge in [-0.15, -0.1) is 37.2 Å². The van der Waals surface area contributed by atoms with Crippen LogP contribution in [0.5, 0.6) is 0 Å². The number of piperazine rings is 1. The lowest BCUT2D eigenvalue weighted by atomic mass is 9.81. The Hall–Kier alpha value is -0.560. The topological polar surface area (TPSA) is 61.6 Å². The summed E-state index contributed by atoms with van der Waals surface area (Å²) in [6.45, 7) is 13.3. The van der Waals surface area contributed by atoms with Crippen LogP contribution in [0.4, 0.5) is 5.69 Å². The van der Waals surface area contributed by atoms with E-state index in [9.17, 15) is 4.79 Å². The molecule has 1 aromatic carbocycles. The van der Waals surface area contributed by atoms with Crippen molar-refractivity contribution in [3.63, 3.8) is 0 Å². The number of carbonyl (C=O) groups excluding carboxylic acids is 1. The van der Waals surface area contributed by atoms with Crippen LogP contribution < -0.4 is 11.1 Å². The number of rotatable bonds is 8. The Labute approximate surface area is 189 Å². The van der Waals surface area contributed by atoms with Gasteiger partial charge in [-0.1, -0.05) is 32.9 Å². The molecule has 28 heavy (non-hydrogen) atoms. The van der Waals surface area contributed by atoms with Gasteiger partial charge in [0, 0.05) is 45.0 Å². The first-order valence-corrected chi connectivity index (χ1v) is 9.62.